The fourth-order valence-corrected chi connectivity index (χ4v) is 5.19. The monoisotopic (exact) mass is 514 g/mol. The average Bonchev–Trinajstić information content (AvgIpc) is 3.03. The lowest BCUT2D eigenvalue weighted by Gasteiger charge is -2.21. The number of allylic oxidation sites excluding steroid dienone is 7. The second kappa shape index (κ2) is 14.5. The third-order valence-corrected chi connectivity index (χ3v) is 8.69. The van der Waals surface area contributed by atoms with Gasteiger partial charge in [-0.25, -0.2) is 4.39 Å². The van der Waals surface area contributed by atoms with Gasteiger partial charge in [-0.1, -0.05) is 62.4 Å². The minimum absolute atomic E-state index is 0.0436. The molecule has 3 heteroatoms. The summed E-state index contributed by atoms with van der Waals surface area (Å²) in [5, 5.41) is 10.5. The van der Waals surface area contributed by atoms with Crippen LogP contribution in [0.3, 0.4) is 0 Å². The molecule has 0 saturated carbocycles. The van der Waals surface area contributed by atoms with Crippen molar-refractivity contribution >= 4 is 8.07 Å². The Kier molecular flexibility index (Phi) is 13.2. The number of hydrogen-bond acceptors (Lipinski definition) is 1. The van der Waals surface area contributed by atoms with Crippen LogP contribution in [0.2, 0.25) is 25.7 Å². The third kappa shape index (κ3) is 13.3. The Balaban J connectivity index is 2.45. The summed E-state index contributed by atoms with van der Waals surface area (Å²) >= 11 is 0. The molecule has 0 aliphatic heterocycles. The molecule has 0 aromatic carbocycles. The van der Waals surface area contributed by atoms with E-state index in [9.17, 15) is 9.50 Å². The highest BCUT2D eigenvalue weighted by molar-refractivity contribution is 6.76. The van der Waals surface area contributed by atoms with Gasteiger partial charge >= 0.3 is 0 Å². The minimum Gasteiger partial charge on any atom is -0.386 e. The summed E-state index contributed by atoms with van der Waals surface area (Å²) in [6.07, 6.45) is 13.1. The Morgan fingerprint density at radius 1 is 1.03 bits per heavy atom. The zero-order valence-electron chi connectivity index (χ0n) is 25.3. The molecule has 36 heavy (non-hydrogen) atoms. The van der Waals surface area contributed by atoms with Crippen molar-refractivity contribution in [3.63, 3.8) is 0 Å². The Labute approximate surface area is 224 Å². The van der Waals surface area contributed by atoms with Gasteiger partial charge in [-0.15, -0.1) is 11.8 Å². The van der Waals surface area contributed by atoms with Crippen LogP contribution < -0.4 is 0 Å². The summed E-state index contributed by atoms with van der Waals surface area (Å²) in [6, 6.07) is 1.08. The molecule has 1 atom stereocenters. The first-order valence-corrected chi connectivity index (χ1v) is 17.8. The van der Waals surface area contributed by atoms with Gasteiger partial charge in [0, 0.05) is 18.9 Å². The smallest absolute Gasteiger partial charge is 0.0991 e. The fraction of sp³-hybridized carbons (Fsp3) is 0.697. The van der Waals surface area contributed by atoms with E-state index in [2.05, 4.69) is 78.3 Å². The summed E-state index contributed by atoms with van der Waals surface area (Å²) in [4.78, 5) is 0. The molecule has 1 aliphatic rings. The van der Waals surface area contributed by atoms with Gasteiger partial charge in [-0.2, -0.15) is 0 Å². The molecule has 0 heterocycles. The van der Waals surface area contributed by atoms with Crippen molar-refractivity contribution in [1.29, 1.82) is 0 Å². The van der Waals surface area contributed by atoms with Gasteiger partial charge in [-0.3, -0.25) is 0 Å². The zero-order chi connectivity index (χ0) is 27.6. The quantitative estimate of drug-likeness (QED) is 0.147. The first-order valence-electron chi connectivity index (χ1n) is 14.0. The minimum atomic E-state index is -1.09. The van der Waals surface area contributed by atoms with Gasteiger partial charge in [0.1, 0.15) is 0 Å². The molecule has 0 saturated heterocycles. The first kappa shape index (κ1) is 32.7. The van der Waals surface area contributed by atoms with Crippen LogP contribution in [0, 0.1) is 17.3 Å². The van der Waals surface area contributed by atoms with E-state index in [1.807, 2.05) is 13.8 Å². The molecule has 0 aromatic heterocycles. The maximum Gasteiger partial charge on any atom is 0.0991 e. The van der Waals surface area contributed by atoms with Gasteiger partial charge in [0.15, 0.2) is 0 Å². The molecule has 1 nitrogen and oxygen atoms in total. The average molecular weight is 515 g/mol. The van der Waals surface area contributed by atoms with Crippen LogP contribution in [-0.2, 0) is 0 Å². The molecule has 0 spiro atoms. The predicted octanol–water partition coefficient (Wildman–Crippen LogP) is 10.5. The van der Waals surface area contributed by atoms with E-state index in [-0.39, 0.29) is 11.2 Å². The van der Waals surface area contributed by atoms with E-state index in [4.69, 9.17) is 0 Å². The highest BCUT2D eigenvalue weighted by Gasteiger charge is 2.32. The second-order valence-corrected chi connectivity index (χ2v) is 19.0. The van der Waals surface area contributed by atoms with E-state index in [1.165, 1.54) is 22.3 Å². The van der Waals surface area contributed by atoms with Crippen molar-refractivity contribution in [2.45, 2.75) is 144 Å². The molecule has 1 unspecified atom stereocenters. The van der Waals surface area contributed by atoms with Gasteiger partial charge in [0.2, 0.25) is 0 Å². The van der Waals surface area contributed by atoms with Crippen LogP contribution in [0.1, 0.15) is 113 Å². The van der Waals surface area contributed by atoms with Crippen LogP contribution >= 0.6 is 0 Å². The summed E-state index contributed by atoms with van der Waals surface area (Å²) in [5.74, 6) is 6.85. The maximum absolute atomic E-state index is 14.7. The SMILES string of the molecule is CC1=C(CC/C(C)=C/CC/C(F)=C(\C)CC/C(C)=C\CC(C)(C)CC#CC[Si](C)(C)C)C(C)(O)CC1. The van der Waals surface area contributed by atoms with E-state index >= 15 is 0 Å². The highest BCUT2D eigenvalue weighted by Crippen LogP contribution is 2.38. The van der Waals surface area contributed by atoms with Crippen molar-refractivity contribution < 1.29 is 9.50 Å². The number of halogens is 1. The summed E-state index contributed by atoms with van der Waals surface area (Å²) in [5.41, 5.74) is 5.60. The van der Waals surface area contributed by atoms with E-state index in [0.717, 1.165) is 69.4 Å². The van der Waals surface area contributed by atoms with Crippen molar-refractivity contribution in [2.75, 3.05) is 0 Å². The van der Waals surface area contributed by atoms with Crippen molar-refractivity contribution in [2.24, 2.45) is 5.41 Å². The lowest BCUT2D eigenvalue weighted by molar-refractivity contribution is 0.0964. The fourth-order valence-electron chi connectivity index (χ4n) is 4.53. The second-order valence-electron chi connectivity index (χ2n) is 13.5. The van der Waals surface area contributed by atoms with Gasteiger partial charge in [-0.05, 0) is 103 Å². The summed E-state index contributed by atoms with van der Waals surface area (Å²) in [7, 11) is -1.09. The molecular formula is C33H55FOSi. The van der Waals surface area contributed by atoms with Crippen molar-refractivity contribution in [3.05, 3.63) is 45.8 Å². The van der Waals surface area contributed by atoms with Crippen LogP contribution in [0.4, 0.5) is 4.39 Å². The molecule has 0 radical (unpaired) electrons. The van der Waals surface area contributed by atoms with Crippen LogP contribution in [0.25, 0.3) is 0 Å². The number of rotatable bonds is 13. The molecule has 1 rings (SSSR count). The summed E-state index contributed by atoms with van der Waals surface area (Å²) in [6.45, 7) is 22.0. The predicted molar refractivity (Wildman–Crippen MR) is 161 cm³/mol. The van der Waals surface area contributed by atoms with Gasteiger partial charge in [0.05, 0.1) is 19.5 Å². The topological polar surface area (TPSA) is 20.2 Å². The van der Waals surface area contributed by atoms with Gasteiger partial charge < -0.3 is 5.11 Å². The molecule has 0 bridgehead atoms. The molecule has 0 aromatic rings. The standard InChI is InChI=1S/C33H55FOSi/c1-26(17-19-30-28(3)21-24-33(30,7)35)14-13-15-31(34)29(4)18-16-27(2)20-23-32(5,6)22-11-12-25-36(8,9)10/h14,20,35H,13,15-19,21-25H2,1-10H3/b26-14+,27-20-,31-29-. The van der Waals surface area contributed by atoms with E-state index in [0.29, 0.717) is 6.42 Å². The maximum atomic E-state index is 14.7. The number of aliphatic hydroxyl groups is 1. The lowest BCUT2D eigenvalue weighted by Crippen LogP contribution is -2.23. The molecule has 1 N–H and O–H groups in total. The zero-order valence-corrected chi connectivity index (χ0v) is 26.3. The Bertz CT molecular complexity index is 910. The molecule has 204 valence electrons. The normalized spacial score (nSPS) is 20.4. The first-order chi connectivity index (χ1) is 16.5. The van der Waals surface area contributed by atoms with Crippen molar-refractivity contribution in [3.8, 4) is 11.8 Å². The van der Waals surface area contributed by atoms with Crippen LogP contribution in [0.15, 0.2) is 45.8 Å². The van der Waals surface area contributed by atoms with E-state index in [1.54, 1.807) is 0 Å². The molecule has 1 aliphatic carbocycles. The lowest BCUT2D eigenvalue weighted by atomic mass is 9.85. The number of hydrogen-bond donors (Lipinski definition) is 1. The Hall–Kier alpha value is -1.37. The van der Waals surface area contributed by atoms with Gasteiger partial charge in [0.25, 0.3) is 0 Å². The summed E-state index contributed by atoms with van der Waals surface area (Å²) < 4.78 is 14.7. The Morgan fingerprint density at radius 3 is 2.25 bits per heavy atom. The molecule has 0 fully saturated rings. The third-order valence-electron chi connectivity index (χ3n) is 7.45. The highest BCUT2D eigenvalue weighted by atomic mass is 28.3. The van der Waals surface area contributed by atoms with Crippen molar-refractivity contribution in [1.82, 2.24) is 0 Å². The van der Waals surface area contributed by atoms with Crippen LogP contribution in [-0.4, -0.2) is 18.8 Å². The molecular weight excluding hydrogens is 459 g/mol. The Morgan fingerprint density at radius 2 is 1.67 bits per heavy atom. The van der Waals surface area contributed by atoms with Crippen LogP contribution in [0.5, 0.6) is 0 Å². The largest absolute Gasteiger partial charge is 0.386 e. The molecule has 0 amide bonds. The van der Waals surface area contributed by atoms with E-state index < -0.39 is 13.7 Å².